The van der Waals surface area contributed by atoms with Crippen molar-refractivity contribution in [3.8, 4) is 0 Å². The predicted octanol–water partition coefficient (Wildman–Crippen LogP) is 1.35. The standard InChI is InChI=1S/C13H23N3O2S/c1-4-9-14-12-7-5-6-8-13(12)19(17,18)15-10-11-16(2)3/h5-8,14-15H,4,9-11H2,1-3H3. The molecule has 0 aliphatic rings. The molecule has 6 heteroatoms. The second-order valence-electron chi connectivity index (χ2n) is 4.62. The molecule has 0 spiro atoms. The third-order valence-corrected chi connectivity index (χ3v) is 4.11. The Morgan fingerprint density at radius 3 is 2.47 bits per heavy atom. The summed E-state index contributed by atoms with van der Waals surface area (Å²) in [6.45, 7) is 3.87. The fraction of sp³-hybridized carbons (Fsp3) is 0.538. The smallest absolute Gasteiger partial charge is 0.242 e. The predicted molar refractivity (Wildman–Crippen MR) is 79.0 cm³/mol. The summed E-state index contributed by atoms with van der Waals surface area (Å²) in [6, 6.07) is 6.97. The van der Waals surface area contributed by atoms with E-state index in [-0.39, 0.29) is 0 Å². The molecule has 0 bridgehead atoms. The summed E-state index contributed by atoms with van der Waals surface area (Å²) in [5, 5.41) is 3.14. The van der Waals surface area contributed by atoms with Gasteiger partial charge in [-0.2, -0.15) is 0 Å². The fourth-order valence-corrected chi connectivity index (χ4v) is 2.79. The molecule has 2 N–H and O–H groups in total. The molecule has 0 radical (unpaired) electrons. The third-order valence-electron chi connectivity index (χ3n) is 2.59. The number of nitrogens with zero attached hydrogens (tertiary/aromatic N) is 1. The molecule has 1 rings (SSSR count). The van der Waals surface area contributed by atoms with Gasteiger partial charge in [0.15, 0.2) is 0 Å². The molecule has 0 aliphatic carbocycles. The van der Waals surface area contributed by atoms with Gasteiger partial charge in [0.1, 0.15) is 4.90 Å². The van der Waals surface area contributed by atoms with Crippen molar-refractivity contribution in [2.45, 2.75) is 18.2 Å². The van der Waals surface area contributed by atoms with E-state index in [1.807, 2.05) is 32.0 Å². The molecule has 0 saturated heterocycles. The van der Waals surface area contributed by atoms with E-state index in [1.54, 1.807) is 18.2 Å². The molecule has 108 valence electrons. The SMILES string of the molecule is CCCNc1ccccc1S(=O)(=O)NCCN(C)C. The van der Waals surface area contributed by atoms with Crippen LogP contribution in [0, 0.1) is 0 Å². The van der Waals surface area contributed by atoms with E-state index in [0.717, 1.165) is 13.0 Å². The highest BCUT2D eigenvalue weighted by molar-refractivity contribution is 7.89. The Morgan fingerprint density at radius 2 is 1.84 bits per heavy atom. The Balaban J connectivity index is 2.82. The molecule has 0 saturated carbocycles. The van der Waals surface area contributed by atoms with Gasteiger partial charge in [0.2, 0.25) is 10.0 Å². The lowest BCUT2D eigenvalue weighted by molar-refractivity contribution is 0.412. The average molecular weight is 285 g/mol. The molecule has 0 aromatic heterocycles. The van der Waals surface area contributed by atoms with Crippen LogP contribution in [-0.2, 0) is 10.0 Å². The molecule has 5 nitrogen and oxygen atoms in total. The van der Waals surface area contributed by atoms with E-state index >= 15 is 0 Å². The van der Waals surface area contributed by atoms with Crippen LogP contribution >= 0.6 is 0 Å². The molecule has 19 heavy (non-hydrogen) atoms. The number of hydrogen-bond donors (Lipinski definition) is 2. The van der Waals surface area contributed by atoms with Crippen LogP contribution in [0.4, 0.5) is 5.69 Å². The lowest BCUT2D eigenvalue weighted by atomic mass is 10.3. The Kier molecular flexibility index (Phi) is 6.27. The van der Waals surface area contributed by atoms with Gasteiger partial charge in [0.25, 0.3) is 0 Å². The van der Waals surface area contributed by atoms with Crippen LogP contribution in [0.15, 0.2) is 29.2 Å². The summed E-state index contributed by atoms with van der Waals surface area (Å²) < 4.78 is 27.1. The Bertz CT molecular complexity index is 486. The van der Waals surface area contributed by atoms with Crippen LogP contribution in [0.3, 0.4) is 0 Å². The van der Waals surface area contributed by atoms with Crippen molar-refractivity contribution >= 4 is 15.7 Å². The fourth-order valence-electron chi connectivity index (χ4n) is 1.59. The first-order valence-corrected chi connectivity index (χ1v) is 7.93. The van der Waals surface area contributed by atoms with Crippen LogP contribution in [0.1, 0.15) is 13.3 Å². The molecule has 0 unspecified atom stereocenters. The first-order chi connectivity index (χ1) is 8.97. The summed E-state index contributed by atoms with van der Waals surface area (Å²) in [5.74, 6) is 0. The zero-order valence-electron chi connectivity index (χ0n) is 11.8. The lowest BCUT2D eigenvalue weighted by Crippen LogP contribution is -2.31. The highest BCUT2D eigenvalue weighted by Crippen LogP contribution is 2.20. The van der Waals surface area contributed by atoms with Crippen molar-refractivity contribution < 1.29 is 8.42 Å². The van der Waals surface area contributed by atoms with E-state index in [2.05, 4.69) is 10.0 Å². The monoisotopic (exact) mass is 285 g/mol. The van der Waals surface area contributed by atoms with Crippen molar-refractivity contribution in [2.24, 2.45) is 0 Å². The van der Waals surface area contributed by atoms with E-state index in [4.69, 9.17) is 0 Å². The van der Waals surface area contributed by atoms with Gasteiger partial charge in [-0.25, -0.2) is 13.1 Å². The first-order valence-electron chi connectivity index (χ1n) is 6.44. The minimum Gasteiger partial charge on any atom is -0.384 e. The summed E-state index contributed by atoms with van der Waals surface area (Å²) in [4.78, 5) is 2.24. The topological polar surface area (TPSA) is 61.4 Å². The van der Waals surface area contributed by atoms with Crippen LogP contribution in [-0.4, -0.2) is 47.0 Å². The number of hydrogen-bond acceptors (Lipinski definition) is 4. The van der Waals surface area contributed by atoms with Crippen molar-refractivity contribution in [3.05, 3.63) is 24.3 Å². The minimum absolute atomic E-state index is 0.308. The zero-order valence-corrected chi connectivity index (χ0v) is 12.6. The van der Waals surface area contributed by atoms with Crippen LogP contribution in [0.25, 0.3) is 0 Å². The van der Waals surface area contributed by atoms with Gasteiger partial charge in [0.05, 0.1) is 5.69 Å². The summed E-state index contributed by atoms with van der Waals surface area (Å²) >= 11 is 0. The van der Waals surface area contributed by atoms with E-state index in [1.165, 1.54) is 0 Å². The normalized spacial score (nSPS) is 11.8. The Morgan fingerprint density at radius 1 is 1.16 bits per heavy atom. The molecule has 1 aromatic carbocycles. The molecule has 0 heterocycles. The van der Waals surface area contributed by atoms with Gasteiger partial charge < -0.3 is 10.2 Å². The lowest BCUT2D eigenvalue weighted by Gasteiger charge is -2.14. The quantitative estimate of drug-likeness (QED) is 0.757. The van der Waals surface area contributed by atoms with Crippen LogP contribution in [0.2, 0.25) is 0 Å². The van der Waals surface area contributed by atoms with Gasteiger partial charge in [-0.15, -0.1) is 0 Å². The van der Waals surface area contributed by atoms with Crippen LogP contribution < -0.4 is 10.0 Å². The third kappa shape index (κ3) is 5.18. The maximum atomic E-state index is 12.2. The van der Waals surface area contributed by atoms with Gasteiger partial charge in [-0.3, -0.25) is 0 Å². The number of anilines is 1. The van der Waals surface area contributed by atoms with Crippen molar-refractivity contribution in [1.29, 1.82) is 0 Å². The summed E-state index contributed by atoms with van der Waals surface area (Å²) in [5.41, 5.74) is 0.654. The molecule has 1 aromatic rings. The van der Waals surface area contributed by atoms with Crippen molar-refractivity contribution in [1.82, 2.24) is 9.62 Å². The highest BCUT2D eigenvalue weighted by Gasteiger charge is 2.17. The second-order valence-corrected chi connectivity index (χ2v) is 6.36. The van der Waals surface area contributed by atoms with Gasteiger partial charge in [-0.1, -0.05) is 19.1 Å². The number of sulfonamides is 1. The largest absolute Gasteiger partial charge is 0.384 e. The molecular formula is C13H23N3O2S. The zero-order chi connectivity index (χ0) is 14.3. The highest BCUT2D eigenvalue weighted by atomic mass is 32.2. The van der Waals surface area contributed by atoms with Crippen molar-refractivity contribution in [3.63, 3.8) is 0 Å². The summed E-state index contributed by atoms with van der Waals surface area (Å²) in [7, 11) is 0.359. The number of para-hydroxylation sites is 1. The maximum Gasteiger partial charge on any atom is 0.242 e. The Labute approximate surface area is 116 Å². The van der Waals surface area contributed by atoms with Crippen LogP contribution in [0.5, 0.6) is 0 Å². The summed E-state index contributed by atoms with van der Waals surface area (Å²) in [6.07, 6.45) is 0.947. The van der Waals surface area contributed by atoms with E-state index in [9.17, 15) is 8.42 Å². The van der Waals surface area contributed by atoms with Crippen molar-refractivity contribution in [2.75, 3.05) is 39.0 Å². The number of nitrogens with one attached hydrogen (secondary N) is 2. The second kappa shape index (κ2) is 7.47. The van der Waals surface area contributed by atoms with Gasteiger partial charge in [-0.05, 0) is 32.6 Å². The molecule has 0 fully saturated rings. The van der Waals surface area contributed by atoms with Gasteiger partial charge in [0, 0.05) is 19.6 Å². The first kappa shape index (κ1) is 15.9. The minimum atomic E-state index is -3.46. The van der Waals surface area contributed by atoms with E-state index < -0.39 is 10.0 Å². The molecular weight excluding hydrogens is 262 g/mol. The van der Waals surface area contributed by atoms with Gasteiger partial charge >= 0.3 is 0 Å². The average Bonchev–Trinajstić information content (AvgIpc) is 2.36. The molecule has 0 aliphatic heterocycles. The molecule has 0 amide bonds. The number of rotatable bonds is 8. The van der Waals surface area contributed by atoms with E-state index in [0.29, 0.717) is 23.7 Å². The molecule has 0 atom stereocenters. The number of benzene rings is 1. The maximum absolute atomic E-state index is 12.2. The Hall–Kier alpha value is -1.11. The number of likely N-dealkylation sites (N-methyl/N-ethyl adjacent to an activating group) is 1.